The van der Waals surface area contributed by atoms with Crippen LogP contribution in [0.3, 0.4) is 0 Å². The van der Waals surface area contributed by atoms with Gasteiger partial charge in [-0.1, -0.05) is 17.3 Å². The molecule has 2 aromatic heterocycles. The number of carbonyl (C=O) groups excluding carboxylic acids is 1. The van der Waals surface area contributed by atoms with Gasteiger partial charge in [0.15, 0.2) is 5.76 Å². The molecule has 0 aliphatic heterocycles. The first-order valence-electron chi connectivity index (χ1n) is 8.17. The summed E-state index contributed by atoms with van der Waals surface area (Å²) in [5.74, 6) is 1.35. The van der Waals surface area contributed by atoms with E-state index < -0.39 is 0 Å². The lowest BCUT2D eigenvalue weighted by molar-refractivity contribution is 0.0996. The van der Waals surface area contributed by atoms with Gasteiger partial charge in [-0.25, -0.2) is 0 Å². The van der Waals surface area contributed by atoms with E-state index in [1.807, 2.05) is 36.4 Å². The lowest BCUT2D eigenvalue weighted by Crippen LogP contribution is -2.11. The van der Waals surface area contributed by atoms with Gasteiger partial charge in [-0.3, -0.25) is 4.79 Å². The molecule has 0 aliphatic rings. The highest BCUT2D eigenvalue weighted by atomic mass is 16.5. The molecule has 0 saturated heterocycles. The first-order valence-corrected chi connectivity index (χ1v) is 8.17. The van der Waals surface area contributed by atoms with Gasteiger partial charge in [0.05, 0.1) is 24.6 Å². The van der Waals surface area contributed by atoms with Crippen molar-refractivity contribution in [1.29, 1.82) is 0 Å². The molecular weight excluding hydrogens is 346 g/mol. The Bertz CT molecular complexity index is 1050. The summed E-state index contributed by atoms with van der Waals surface area (Å²) in [5, 5.41) is 6.83. The van der Waals surface area contributed by atoms with E-state index in [1.54, 1.807) is 31.4 Å². The second-order valence-corrected chi connectivity index (χ2v) is 5.63. The number of para-hydroxylation sites is 1. The smallest absolute Gasteiger partial charge is 0.291 e. The number of benzene rings is 2. The van der Waals surface area contributed by atoms with Gasteiger partial charge in [0.1, 0.15) is 5.75 Å². The van der Waals surface area contributed by atoms with Gasteiger partial charge in [0.25, 0.3) is 11.8 Å². The zero-order chi connectivity index (χ0) is 18.6. The molecule has 7 nitrogen and oxygen atoms in total. The van der Waals surface area contributed by atoms with E-state index in [0.29, 0.717) is 23.0 Å². The minimum absolute atomic E-state index is 0.217. The molecule has 0 saturated carbocycles. The standard InChI is InChI=1S/C20H15N3O4/c1-25-14-10-8-13(9-11-14)18-22-20(27-23-18)15-5-2-3-6-16(15)21-19(24)17-7-4-12-26-17/h2-12H,1H3,(H,21,24). The van der Waals surface area contributed by atoms with Crippen LogP contribution in [-0.4, -0.2) is 23.2 Å². The number of rotatable bonds is 5. The third-order valence-corrected chi connectivity index (χ3v) is 3.92. The summed E-state index contributed by atoms with van der Waals surface area (Å²) in [7, 11) is 1.61. The Morgan fingerprint density at radius 1 is 1.04 bits per heavy atom. The fourth-order valence-corrected chi connectivity index (χ4v) is 2.56. The maximum atomic E-state index is 12.3. The first kappa shape index (κ1) is 16.6. The highest BCUT2D eigenvalue weighted by Crippen LogP contribution is 2.29. The van der Waals surface area contributed by atoms with Crippen molar-refractivity contribution in [3.63, 3.8) is 0 Å². The van der Waals surface area contributed by atoms with Crippen LogP contribution in [0.4, 0.5) is 5.69 Å². The van der Waals surface area contributed by atoms with Crippen LogP contribution in [0.25, 0.3) is 22.8 Å². The summed E-state index contributed by atoms with van der Waals surface area (Å²) in [4.78, 5) is 16.7. The Balaban J connectivity index is 1.62. The number of hydrogen-bond donors (Lipinski definition) is 1. The predicted molar refractivity (Wildman–Crippen MR) is 98.4 cm³/mol. The highest BCUT2D eigenvalue weighted by Gasteiger charge is 2.17. The number of aromatic nitrogens is 2. The first-order chi connectivity index (χ1) is 13.2. The van der Waals surface area contributed by atoms with Crippen LogP contribution < -0.4 is 10.1 Å². The van der Waals surface area contributed by atoms with E-state index in [1.165, 1.54) is 6.26 Å². The maximum absolute atomic E-state index is 12.3. The second-order valence-electron chi connectivity index (χ2n) is 5.63. The lowest BCUT2D eigenvalue weighted by Gasteiger charge is -2.06. The van der Waals surface area contributed by atoms with E-state index in [-0.39, 0.29) is 11.7 Å². The topological polar surface area (TPSA) is 90.4 Å². The summed E-state index contributed by atoms with van der Waals surface area (Å²) >= 11 is 0. The largest absolute Gasteiger partial charge is 0.497 e. The Kier molecular flexibility index (Phi) is 4.40. The number of hydrogen-bond acceptors (Lipinski definition) is 6. The fraction of sp³-hybridized carbons (Fsp3) is 0.0500. The summed E-state index contributed by atoms with van der Waals surface area (Å²) < 4.78 is 15.7. The summed E-state index contributed by atoms with van der Waals surface area (Å²) in [6, 6.07) is 17.8. The number of furan rings is 1. The van der Waals surface area contributed by atoms with E-state index in [9.17, 15) is 4.79 Å². The van der Waals surface area contributed by atoms with Crippen molar-refractivity contribution < 1.29 is 18.5 Å². The SMILES string of the molecule is COc1ccc(-c2noc(-c3ccccc3NC(=O)c3ccco3)n2)cc1. The molecule has 27 heavy (non-hydrogen) atoms. The molecule has 134 valence electrons. The third kappa shape index (κ3) is 3.43. The average molecular weight is 361 g/mol. The minimum Gasteiger partial charge on any atom is -0.497 e. The normalized spacial score (nSPS) is 10.6. The van der Waals surface area contributed by atoms with E-state index in [0.717, 1.165) is 11.3 Å². The lowest BCUT2D eigenvalue weighted by atomic mass is 10.1. The van der Waals surface area contributed by atoms with E-state index >= 15 is 0 Å². The zero-order valence-corrected chi connectivity index (χ0v) is 14.4. The van der Waals surface area contributed by atoms with Gasteiger partial charge in [-0.2, -0.15) is 4.98 Å². The Morgan fingerprint density at radius 2 is 1.85 bits per heavy atom. The second kappa shape index (κ2) is 7.17. The van der Waals surface area contributed by atoms with Gasteiger partial charge in [-0.05, 0) is 48.5 Å². The number of methoxy groups -OCH3 is 1. The maximum Gasteiger partial charge on any atom is 0.291 e. The Labute approximate surface area is 154 Å². The zero-order valence-electron chi connectivity index (χ0n) is 14.4. The van der Waals surface area contributed by atoms with Gasteiger partial charge >= 0.3 is 0 Å². The number of amides is 1. The molecule has 1 amide bonds. The molecule has 2 aromatic carbocycles. The molecule has 2 heterocycles. The summed E-state index contributed by atoms with van der Waals surface area (Å²) in [6.45, 7) is 0. The van der Waals surface area contributed by atoms with Crippen molar-refractivity contribution in [3.8, 4) is 28.6 Å². The van der Waals surface area contributed by atoms with Crippen LogP contribution in [0.5, 0.6) is 5.75 Å². The number of ether oxygens (including phenoxy) is 1. The molecule has 0 spiro atoms. The molecule has 0 aliphatic carbocycles. The number of nitrogens with zero attached hydrogens (tertiary/aromatic N) is 2. The Morgan fingerprint density at radius 3 is 2.59 bits per heavy atom. The van der Waals surface area contributed by atoms with Gasteiger partial charge < -0.3 is 19.0 Å². The van der Waals surface area contributed by atoms with Gasteiger partial charge in [-0.15, -0.1) is 0 Å². The van der Waals surface area contributed by atoms with Crippen LogP contribution in [0.15, 0.2) is 75.9 Å². The van der Waals surface area contributed by atoms with Crippen molar-refractivity contribution in [2.45, 2.75) is 0 Å². The van der Waals surface area contributed by atoms with Gasteiger partial charge in [0.2, 0.25) is 5.82 Å². The van der Waals surface area contributed by atoms with Crippen LogP contribution >= 0.6 is 0 Å². The highest BCUT2D eigenvalue weighted by molar-refractivity contribution is 6.04. The Hall–Kier alpha value is -3.87. The number of anilines is 1. The fourth-order valence-electron chi connectivity index (χ4n) is 2.56. The monoisotopic (exact) mass is 361 g/mol. The quantitative estimate of drug-likeness (QED) is 0.571. The van der Waals surface area contributed by atoms with E-state index in [4.69, 9.17) is 13.7 Å². The number of nitrogens with one attached hydrogen (secondary N) is 1. The molecule has 0 bridgehead atoms. The molecule has 0 fully saturated rings. The van der Waals surface area contributed by atoms with Crippen molar-refractivity contribution in [2.75, 3.05) is 12.4 Å². The van der Waals surface area contributed by atoms with Crippen molar-refractivity contribution in [1.82, 2.24) is 10.1 Å². The minimum atomic E-state index is -0.359. The molecule has 4 aromatic rings. The molecule has 4 rings (SSSR count). The molecule has 0 atom stereocenters. The van der Waals surface area contributed by atoms with Gasteiger partial charge in [0, 0.05) is 5.56 Å². The van der Waals surface area contributed by atoms with Crippen LogP contribution in [-0.2, 0) is 0 Å². The molecule has 7 heteroatoms. The van der Waals surface area contributed by atoms with Crippen molar-refractivity contribution in [3.05, 3.63) is 72.7 Å². The molecular formula is C20H15N3O4. The summed E-state index contributed by atoms with van der Waals surface area (Å²) in [5.41, 5.74) is 1.96. The van der Waals surface area contributed by atoms with Crippen molar-refractivity contribution >= 4 is 11.6 Å². The predicted octanol–water partition coefficient (Wildman–Crippen LogP) is 4.26. The average Bonchev–Trinajstić information content (AvgIpc) is 3.41. The van der Waals surface area contributed by atoms with Crippen LogP contribution in [0.1, 0.15) is 10.6 Å². The molecule has 0 radical (unpaired) electrons. The number of carbonyl (C=O) groups is 1. The van der Waals surface area contributed by atoms with E-state index in [2.05, 4.69) is 15.5 Å². The summed E-state index contributed by atoms with van der Waals surface area (Å²) in [6.07, 6.45) is 1.44. The van der Waals surface area contributed by atoms with Crippen LogP contribution in [0, 0.1) is 0 Å². The molecule has 1 N–H and O–H groups in total. The van der Waals surface area contributed by atoms with Crippen LogP contribution in [0.2, 0.25) is 0 Å². The van der Waals surface area contributed by atoms with Crippen molar-refractivity contribution in [2.24, 2.45) is 0 Å². The third-order valence-electron chi connectivity index (χ3n) is 3.92. The molecule has 0 unspecified atom stereocenters.